The Kier molecular flexibility index (Phi) is 4.24. The lowest BCUT2D eigenvalue weighted by molar-refractivity contribution is 0.283. The fourth-order valence-corrected chi connectivity index (χ4v) is 2.68. The second-order valence-corrected chi connectivity index (χ2v) is 7.12. The first-order valence-electron chi connectivity index (χ1n) is 8.12. The van der Waals surface area contributed by atoms with Crippen molar-refractivity contribution < 1.29 is 4.74 Å². The minimum absolute atomic E-state index is 0.103. The molecular formula is C18H23N5O2. The molecule has 1 N–H and O–H groups in total. The number of hydrogen-bond acceptors (Lipinski definition) is 4. The number of aromatic amines is 1. The average molecular weight is 341 g/mol. The fraction of sp³-hybridized carbons (Fsp3) is 0.389. The molecule has 2 aromatic heterocycles. The highest BCUT2D eigenvalue weighted by atomic mass is 16.5. The lowest BCUT2D eigenvalue weighted by atomic mass is 9.85. The van der Waals surface area contributed by atoms with Crippen LogP contribution >= 0.6 is 0 Å². The molecule has 7 nitrogen and oxygen atoms in total. The molecule has 1 aromatic carbocycles. The molecule has 0 unspecified atom stereocenters. The second-order valence-electron chi connectivity index (χ2n) is 7.12. The number of nitrogens with one attached hydrogen (secondary N) is 1. The van der Waals surface area contributed by atoms with Crippen LogP contribution in [0, 0.1) is 0 Å². The van der Waals surface area contributed by atoms with Crippen LogP contribution in [0.2, 0.25) is 0 Å². The van der Waals surface area contributed by atoms with Gasteiger partial charge in [-0.2, -0.15) is 5.10 Å². The summed E-state index contributed by atoms with van der Waals surface area (Å²) in [5, 5.41) is 6.40. The minimum Gasteiger partial charge on any atom is -0.485 e. The largest absolute Gasteiger partial charge is 0.485 e. The zero-order chi connectivity index (χ0) is 18.2. The second kappa shape index (κ2) is 6.23. The molecule has 0 saturated carbocycles. The van der Waals surface area contributed by atoms with Crippen molar-refractivity contribution >= 4 is 0 Å². The van der Waals surface area contributed by atoms with Gasteiger partial charge in [-0.05, 0) is 23.6 Å². The van der Waals surface area contributed by atoms with Crippen LogP contribution in [-0.4, -0.2) is 24.3 Å². The molecule has 0 amide bonds. The monoisotopic (exact) mass is 341 g/mol. The highest BCUT2D eigenvalue weighted by Crippen LogP contribution is 2.35. The smallest absolute Gasteiger partial charge is 0.343 e. The van der Waals surface area contributed by atoms with Crippen molar-refractivity contribution in [2.24, 2.45) is 14.1 Å². The van der Waals surface area contributed by atoms with Gasteiger partial charge in [-0.1, -0.05) is 20.8 Å². The number of benzene rings is 1. The van der Waals surface area contributed by atoms with Crippen molar-refractivity contribution in [1.82, 2.24) is 24.3 Å². The molecule has 0 aliphatic rings. The number of aryl methyl sites for hydroxylation is 1. The molecule has 132 valence electrons. The Bertz CT molecular complexity index is 943. The molecule has 3 rings (SSSR count). The van der Waals surface area contributed by atoms with E-state index in [0.29, 0.717) is 5.82 Å². The topological polar surface area (TPSA) is 77.7 Å². The first-order valence-corrected chi connectivity index (χ1v) is 8.12. The standard InChI is InChI=1S/C18H23N5O2/c1-18(2,3)13-10-12(16-19-8-9-22(16)4)6-7-14(13)25-11-15-20-21-17(24)23(15)5/h6-10H,11H2,1-5H3,(H,21,24). The van der Waals surface area contributed by atoms with Crippen molar-refractivity contribution in [3.8, 4) is 17.1 Å². The molecule has 3 aromatic rings. The number of H-pyrrole nitrogens is 1. The Morgan fingerprint density at radius 3 is 2.56 bits per heavy atom. The van der Waals surface area contributed by atoms with Crippen molar-refractivity contribution in [2.75, 3.05) is 0 Å². The summed E-state index contributed by atoms with van der Waals surface area (Å²) in [6.07, 6.45) is 3.71. The number of hydrogen-bond donors (Lipinski definition) is 1. The van der Waals surface area contributed by atoms with Crippen molar-refractivity contribution in [1.29, 1.82) is 0 Å². The molecular weight excluding hydrogens is 318 g/mol. The molecule has 0 spiro atoms. The number of ether oxygens (including phenoxy) is 1. The Balaban J connectivity index is 1.94. The summed E-state index contributed by atoms with van der Waals surface area (Å²) >= 11 is 0. The fourth-order valence-electron chi connectivity index (χ4n) is 2.68. The summed E-state index contributed by atoms with van der Waals surface area (Å²) in [7, 11) is 3.64. The Morgan fingerprint density at radius 2 is 2.00 bits per heavy atom. The molecule has 0 aliphatic heterocycles. The Hall–Kier alpha value is -2.83. The number of rotatable bonds is 4. The molecule has 0 atom stereocenters. The van der Waals surface area contributed by atoms with Gasteiger partial charge in [-0.3, -0.25) is 4.57 Å². The van der Waals surface area contributed by atoms with E-state index in [4.69, 9.17) is 4.74 Å². The molecule has 0 saturated heterocycles. The lowest BCUT2D eigenvalue weighted by Crippen LogP contribution is -2.17. The number of nitrogens with zero attached hydrogens (tertiary/aromatic N) is 4. The van der Waals surface area contributed by atoms with Crippen LogP contribution in [-0.2, 0) is 26.1 Å². The van der Waals surface area contributed by atoms with Gasteiger partial charge in [0.1, 0.15) is 18.2 Å². The Labute approximate surface area is 146 Å². The van der Waals surface area contributed by atoms with E-state index in [1.807, 2.05) is 29.9 Å². The number of imidazole rings is 1. The van der Waals surface area contributed by atoms with Crippen LogP contribution in [0.5, 0.6) is 5.75 Å². The Morgan fingerprint density at radius 1 is 1.24 bits per heavy atom. The van der Waals surface area contributed by atoms with Crippen LogP contribution in [0.3, 0.4) is 0 Å². The van der Waals surface area contributed by atoms with Gasteiger partial charge in [0.05, 0.1) is 0 Å². The zero-order valence-corrected chi connectivity index (χ0v) is 15.2. The predicted molar refractivity (Wildman–Crippen MR) is 95.5 cm³/mol. The van der Waals surface area contributed by atoms with E-state index < -0.39 is 0 Å². The summed E-state index contributed by atoms with van der Waals surface area (Å²) < 4.78 is 9.41. The number of aromatic nitrogens is 5. The van der Waals surface area contributed by atoms with E-state index in [2.05, 4.69) is 42.0 Å². The van der Waals surface area contributed by atoms with Crippen molar-refractivity contribution in [3.63, 3.8) is 0 Å². The van der Waals surface area contributed by atoms with Crippen LogP contribution in [0.15, 0.2) is 35.4 Å². The van der Waals surface area contributed by atoms with Crippen LogP contribution < -0.4 is 10.4 Å². The van der Waals surface area contributed by atoms with Gasteiger partial charge in [-0.15, -0.1) is 0 Å². The van der Waals surface area contributed by atoms with Gasteiger partial charge in [0.25, 0.3) is 0 Å². The predicted octanol–water partition coefficient (Wildman–Crippen LogP) is 2.39. The maximum atomic E-state index is 11.5. The van der Waals surface area contributed by atoms with E-state index in [1.165, 1.54) is 4.57 Å². The molecule has 0 radical (unpaired) electrons. The van der Waals surface area contributed by atoms with Crippen molar-refractivity contribution in [3.05, 3.63) is 52.5 Å². The van der Waals surface area contributed by atoms with E-state index in [9.17, 15) is 4.79 Å². The molecule has 2 heterocycles. The van der Waals surface area contributed by atoms with Crippen molar-refractivity contribution in [2.45, 2.75) is 32.8 Å². The molecule has 25 heavy (non-hydrogen) atoms. The summed E-state index contributed by atoms with van der Waals surface area (Å²) in [5.41, 5.74) is 1.76. The maximum Gasteiger partial charge on any atom is 0.343 e. The lowest BCUT2D eigenvalue weighted by Gasteiger charge is -2.23. The molecule has 0 bridgehead atoms. The van der Waals surface area contributed by atoms with E-state index in [1.54, 1.807) is 13.2 Å². The molecule has 0 fully saturated rings. The molecule has 7 heteroatoms. The third kappa shape index (κ3) is 3.35. The van der Waals surface area contributed by atoms with Crippen LogP contribution in [0.4, 0.5) is 0 Å². The SMILES string of the molecule is Cn1ccnc1-c1ccc(OCc2n[nH]c(=O)n2C)c(C(C)(C)C)c1. The highest BCUT2D eigenvalue weighted by Gasteiger charge is 2.21. The third-order valence-corrected chi connectivity index (χ3v) is 4.20. The van der Waals surface area contributed by atoms with Gasteiger partial charge in [0.15, 0.2) is 5.82 Å². The highest BCUT2D eigenvalue weighted by molar-refractivity contribution is 5.60. The van der Waals surface area contributed by atoms with E-state index in [0.717, 1.165) is 22.7 Å². The average Bonchev–Trinajstić information content (AvgIpc) is 3.11. The molecule has 0 aliphatic carbocycles. The zero-order valence-electron chi connectivity index (χ0n) is 15.2. The minimum atomic E-state index is -0.250. The van der Waals surface area contributed by atoms with E-state index in [-0.39, 0.29) is 17.7 Å². The van der Waals surface area contributed by atoms with Gasteiger partial charge < -0.3 is 9.30 Å². The maximum absolute atomic E-state index is 11.5. The summed E-state index contributed by atoms with van der Waals surface area (Å²) in [6, 6.07) is 6.06. The summed E-state index contributed by atoms with van der Waals surface area (Å²) in [4.78, 5) is 15.9. The normalized spacial score (nSPS) is 11.7. The van der Waals surface area contributed by atoms with E-state index >= 15 is 0 Å². The third-order valence-electron chi connectivity index (χ3n) is 4.20. The van der Waals surface area contributed by atoms with Gasteiger partial charge in [-0.25, -0.2) is 14.9 Å². The quantitative estimate of drug-likeness (QED) is 0.790. The summed E-state index contributed by atoms with van der Waals surface area (Å²) in [6.45, 7) is 6.64. The summed E-state index contributed by atoms with van der Waals surface area (Å²) in [5.74, 6) is 2.24. The van der Waals surface area contributed by atoms with Crippen LogP contribution in [0.1, 0.15) is 32.2 Å². The van der Waals surface area contributed by atoms with Gasteiger partial charge in [0.2, 0.25) is 0 Å². The first kappa shape index (κ1) is 17.0. The van der Waals surface area contributed by atoms with Gasteiger partial charge in [0, 0.05) is 37.6 Å². The van der Waals surface area contributed by atoms with Gasteiger partial charge >= 0.3 is 5.69 Å². The van der Waals surface area contributed by atoms with Crippen LogP contribution in [0.25, 0.3) is 11.4 Å². The first-order chi connectivity index (χ1) is 11.8.